The third-order valence-electron chi connectivity index (χ3n) is 7.79. The predicted molar refractivity (Wildman–Crippen MR) is 138 cm³/mol. The molecule has 1 saturated carbocycles. The summed E-state index contributed by atoms with van der Waals surface area (Å²) in [6, 6.07) is 16.1. The van der Waals surface area contributed by atoms with Crippen molar-refractivity contribution in [2.45, 2.75) is 70.1 Å². The number of fused-ring (bicyclic) bond motifs is 1. The molecule has 0 radical (unpaired) electrons. The molecule has 0 bridgehead atoms. The zero-order chi connectivity index (χ0) is 24.5. The highest BCUT2D eigenvalue weighted by Crippen LogP contribution is 2.38. The van der Waals surface area contributed by atoms with Crippen LogP contribution in [0.25, 0.3) is 0 Å². The molecule has 2 heterocycles. The van der Waals surface area contributed by atoms with Gasteiger partial charge in [0.15, 0.2) is 0 Å². The van der Waals surface area contributed by atoms with E-state index in [-0.39, 0.29) is 17.7 Å². The number of aliphatic hydroxyl groups is 1. The molecule has 0 aromatic heterocycles. The molecule has 6 heteroatoms. The Bertz CT molecular complexity index is 1080. The molecule has 6 nitrogen and oxygen atoms in total. The molecule has 1 saturated heterocycles. The molecular weight excluding hydrogens is 438 g/mol. The van der Waals surface area contributed by atoms with Gasteiger partial charge in [0.05, 0.1) is 23.8 Å². The van der Waals surface area contributed by atoms with Crippen LogP contribution in [0.4, 0.5) is 11.4 Å². The van der Waals surface area contributed by atoms with Gasteiger partial charge in [-0.15, -0.1) is 0 Å². The normalized spacial score (nSPS) is 26.3. The summed E-state index contributed by atoms with van der Waals surface area (Å²) >= 11 is 0. The lowest BCUT2D eigenvalue weighted by molar-refractivity contribution is -0.123. The third kappa shape index (κ3) is 4.53. The molecule has 5 rings (SSSR count). The molecule has 2 N–H and O–H groups in total. The summed E-state index contributed by atoms with van der Waals surface area (Å²) in [5.41, 5.74) is 6.08. The number of benzene rings is 2. The van der Waals surface area contributed by atoms with Gasteiger partial charge in [0.2, 0.25) is 5.91 Å². The van der Waals surface area contributed by atoms with Gasteiger partial charge in [-0.2, -0.15) is 0 Å². The number of hydrazine groups is 1. The van der Waals surface area contributed by atoms with Crippen molar-refractivity contribution in [2.75, 3.05) is 10.3 Å². The summed E-state index contributed by atoms with van der Waals surface area (Å²) in [7, 11) is 0. The van der Waals surface area contributed by atoms with Crippen molar-refractivity contribution in [1.82, 2.24) is 5.01 Å². The van der Waals surface area contributed by atoms with Crippen molar-refractivity contribution < 1.29 is 14.7 Å². The molecule has 2 fully saturated rings. The van der Waals surface area contributed by atoms with Gasteiger partial charge in [-0.25, -0.2) is 9.91 Å². The number of para-hydroxylation sites is 1. The van der Waals surface area contributed by atoms with Crippen LogP contribution in [0.1, 0.15) is 57.4 Å². The maximum absolute atomic E-state index is 13.7. The topological polar surface area (TPSA) is 72.9 Å². The number of imide groups is 1. The highest BCUT2D eigenvalue weighted by atomic mass is 16.3. The van der Waals surface area contributed by atoms with E-state index in [1.165, 1.54) is 16.9 Å². The van der Waals surface area contributed by atoms with Crippen LogP contribution in [0, 0.1) is 11.8 Å². The van der Waals surface area contributed by atoms with Crippen LogP contribution in [-0.4, -0.2) is 40.1 Å². The Balaban J connectivity index is 1.49. The molecule has 0 spiro atoms. The maximum atomic E-state index is 13.7. The lowest BCUT2D eigenvalue weighted by Crippen LogP contribution is -2.58. The average Bonchev–Trinajstić information content (AvgIpc) is 3.15. The Hall–Kier alpha value is -2.96. The fraction of sp³-hybridized carbons (Fsp3) is 0.448. The third-order valence-corrected chi connectivity index (χ3v) is 7.79. The first-order valence-corrected chi connectivity index (χ1v) is 12.9. The first kappa shape index (κ1) is 23.8. The number of amides is 2. The summed E-state index contributed by atoms with van der Waals surface area (Å²) in [4.78, 5) is 28.4. The van der Waals surface area contributed by atoms with E-state index in [1.807, 2.05) is 47.5 Å². The van der Waals surface area contributed by atoms with Crippen LogP contribution in [0.3, 0.4) is 0 Å². The van der Waals surface area contributed by atoms with Crippen LogP contribution in [0.15, 0.2) is 66.7 Å². The van der Waals surface area contributed by atoms with E-state index in [4.69, 9.17) is 0 Å². The fourth-order valence-electron chi connectivity index (χ4n) is 5.77. The molecule has 1 aliphatic carbocycles. The van der Waals surface area contributed by atoms with Crippen molar-refractivity contribution >= 4 is 23.2 Å². The van der Waals surface area contributed by atoms with Crippen LogP contribution in [0.5, 0.6) is 0 Å². The van der Waals surface area contributed by atoms with Crippen molar-refractivity contribution in [1.29, 1.82) is 0 Å². The number of carbonyl (C=O) groups is 2. The first-order chi connectivity index (χ1) is 17.0. The highest BCUT2D eigenvalue weighted by molar-refractivity contribution is 6.24. The summed E-state index contributed by atoms with van der Waals surface area (Å²) < 4.78 is 0. The number of anilines is 2. The molecular formula is C29H35N3O3. The lowest BCUT2D eigenvalue weighted by Gasteiger charge is -2.43. The molecule has 35 heavy (non-hydrogen) atoms. The Morgan fingerprint density at radius 3 is 2.23 bits per heavy atom. The molecule has 4 atom stereocenters. The number of rotatable bonds is 6. The second-order valence-corrected chi connectivity index (χ2v) is 10.4. The Morgan fingerprint density at radius 2 is 1.57 bits per heavy atom. The van der Waals surface area contributed by atoms with Crippen molar-refractivity contribution in [2.24, 2.45) is 11.8 Å². The number of hydrogen-bond donors (Lipinski definition) is 2. The quantitative estimate of drug-likeness (QED) is 0.462. The van der Waals surface area contributed by atoms with Crippen molar-refractivity contribution in [3.05, 3.63) is 72.3 Å². The van der Waals surface area contributed by atoms with Crippen LogP contribution >= 0.6 is 0 Å². The molecule has 2 amide bonds. The standard InChI is InChI=1S/C29H35N3O3/c1-19(2)20-13-15-22(16-14-20)30-32-25(27(33)21-9-5-3-6-10-21)18-17-24-26(32)29(35)31(28(24)34)23-11-7-4-8-12-23/h4,7-8,11-19,21,24-27,30,33H,3,5-6,9-10H2,1-2H3. The zero-order valence-corrected chi connectivity index (χ0v) is 20.5. The molecule has 2 aliphatic heterocycles. The number of carbonyl (C=O) groups excluding carboxylic acids is 2. The summed E-state index contributed by atoms with van der Waals surface area (Å²) in [6.45, 7) is 4.31. The fourth-order valence-corrected chi connectivity index (χ4v) is 5.77. The Kier molecular flexibility index (Phi) is 6.76. The van der Waals surface area contributed by atoms with E-state index in [0.29, 0.717) is 11.6 Å². The Morgan fingerprint density at radius 1 is 0.886 bits per heavy atom. The second-order valence-electron chi connectivity index (χ2n) is 10.4. The highest BCUT2D eigenvalue weighted by Gasteiger charge is 2.54. The summed E-state index contributed by atoms with van der Waals surface area (Å²) in [5, 5.41) is 13.3. The van der Waals surface area contributed by atoms with Gasteiger partial charge in [-0.1, -0.05) is 75.6 Å². The minimum absolute atomic E-state index is 0.181. The van der Waals surface area contributed by atoms with Gasteiger partial charge in [0, 0.05) is 5.69 Å². The number of nitrogens with one attached hydrogen (secondary N) is 1. The lowest BCUT2D eigenvalue weighted by atomic mass is 9.80. The second kappa shape index (κ2) is 9.96. The summed E-state index contributed by atoms with van der Waals surface area (Å²) in [5.74, 6) is -0.488. The van der Waals surface area contributed by atoms with E-state index in [1.54, 1.807) is 12.1 Å². The monoisotopic (exact) mass is 473 g/mol. The predicted octanol–water partition coefficient (Wildman–Crippen LogP) is 4.88. The average molecular weight is 474 g/mol. The van der Waals surface area contributed by atoms with Crippen molar-refractivity contribution in [3.63, 3.8) is 0 Å². The maximum Gasteiger partial charge on any atom is 0.254 e. The Labute approximate surface area is 207 Å². The van der Waals surface area contributed by atoms with Gasteiger partial charge in [-0.3, -0.25) is 9.59 Å². The van der Waals surface area contributed by atoms with E-state index >= 15 is 0 Å². The van der Waals surface area contributed by atoms with Crippen LogP contribution < -0.4 is 10.3 Å². The van der Waals surface area contributed by atoms with Crippen molar-refractivity contribution in [3.8, 4) is 0 Å². The van der Waals surface area contributed by atoms with Gasteiger partial charge >= 0.3 is 0 Å². The van der Waals surface area contributed by atoms with Gasteiger partial charge in [0.25, 0.3) is 5.91 Å². The molecule has 2 aromatic carbocycles. The van der Waals surface area contributed by atoms with E-state index in [9.17, 15) is 14.7 Å². The molecule has 184 valence electrons. The van der Waals surface area contributed by atoms with Gasteiger partial charge in [-0.05, 0) is 54.5 Å². The smallest absolute Gasteiger partial charge is 0.254 e. The van der Waals surface area contributed by atoms with E-state index < -0.39 is 24.1 Å². The SMILES string of the molecule is CC(C)c1ccc(NN2C(C(O)C3CCCCC3)C=CC3C(=O)N(c4ccccc4)C(=O)C32)cc1. The van der Waals surface area contributed by atoms with Gasteiger partial charge < -0.3 is 10.5 Å². The van der Waals surface area contributed by atoms with E-state index in [0.717, 1.165) is 31.4 Å². The minimum atomic E-state index is -0.722. The minimum Gasteiger partial charge on any atom is -0.391 e. The number of nitrogens with zero attached hydrogens (tertiary/aromatic N) is 2. The number of hydrogen-bond acceptors (Lipinski definition) is 5. The molecule has 3 aliphatic rings. The zero-order valence-electron chi connectivity index (χ0n) is 20.5. The number of aliphatic hydroxyl groups excluding tert-OH is 1. The molecule has 4 unspecified atom stereocenters. The molecule has 2 aromatic rings. The largest absolute Gasteiger partial charge is 0.391 e. The van der Waals surface area contributed by atoms with Gasteiger partial charge in [0.1, 0.15) is 6.04 Å². The van der Waals surface area contributed by atoms with E-state index in [2.05, 4.69) is 31.4 Å². The summed E-state index contributed by atoms with van der Waals surface area (Å²) in [6.07, 6.45) is 8.56. The van der Waals surface area contributed by atoms with Crippen LogP contribution in [-0.2, 0) is 9.59 Å². The first-order valence-electron chi connectivity index (χ1n) is 12.9. The van der Waals surface area contributed by atoms with Crippen LogP contribution in [0.2, 0.25) is 0 Å².